The number of carbonyl (C=O) groups excluding carboxylic acids is 1. The van der Waals surface area contributed by atoms with Gasteiger partial charge >= 0.3 is 6.09 Å². The smallest absolute Gasteiger partial charge is 0.410 e. The zero-order chi connectivity index (χ0) is 13.8. The first-order valence-electron chi connectivity index (χ1n) is 7.37. The molecule has 1 aromatic rings. The van der Waals surface area contributed by atoms with E-state index < -0.39 is 0 Å². The molecule has 2 heterocycles. The Labute approximate surface area is 119 Å². The topological polar surface area (TPSA) is 38.8 Å². The van der Waals surface area contributed by atoms with Crippen molar-refractivity contribution in [1.82, 2.24) is 4.90 Å². The molecular weight excluding hydrogens is 254 g/mol. The average Bonchev–Trinajstić information content (AvgIpc) is 2.95. The van der Waals surface area contributed by atoms with Crippen LogP contribution in [-0.4, -0.2) is 36.3 Å². The summed E-state index contributed by atoms with van der Waals surface area (Å²) in [4.78, 5) is 13.8. The van der Waals surface area contributed by atoms with Crippen molar-refractivity contribution in [1.29, 1.82) is 0 Å². The summed E-state index contributed by atoms with van der Waals surface area (Å²) >= 11 is 0. The van der Waals surface area contributed by atoms with E-state index in [-0.39, 0.29) is 11.7 Å². The van der Waals surface area contributed by atoms with E-state index in [2.05, 4.69) is 0 Å². The molecule has 0 aromatic heterocycles. The summed E-state index contributed by atoms with van der Waals surface area (Å²) in [7, 11) is 0. The fourth-order valence-corrected chi connectivity index (χ4v) is 3.06. The summed E-state index contributed by atoms with van der Waals surface area (Å²) in [5.41, 5.74) is 1.07. The van der Waals surface area contributed by atoms with Gasteiger partial charge in [-0.25, -0.2) is 4.79 Å². The minimum Gasteiger partial charge on any atom is -0.445 e. The van der Waals surface area contributed by atoms with Gasteiger partial charge in [-0.1, -0.05) is 30.3 Å². The van der Waals surface area contributed by atoms with E-state index in [1.165, 1.54) is 0 Å². The van der Waals surface area contributed by atoms with Crippen molar-refractivity contribution in [3.8, 4) is 0 Å². The number of piperidine rings is 1. The Kier molecular flexibility index (Phi) is 3.92. The molecule has 0 radical (unpaired) electrons. The van der Waals surface area contributed by atoms with Gasteiger partial charge in [-0.3, -0.25) is 0 Å². The zero-order valence-corrected chi connectivity index (χ0v) is 11.7. The summed E-state index contributed by atoms with van der Waals surface area (Å²) in [6, 6.07) is 9.78. The number of benzene rings is 1. The van der Waals surface area contributed by atoms with Gasteiger partial charge in [0.15, 0.2) is 0 Å². The number of carbonyl (C=O) groups is 1. The van der Waals surface area contributed by atoms with Crippen molar-refractivity contribution in [2.45, 2.75) is 37.9 Å². The molecule has 0 bridgehead atoms. The van der Waals surface area contributed by atoms with Crippen molar-refractivity contribution in [3.63, 3.8) is 0 Å². The van der Waals surface area contributed by atoms with E-state index in [0.717, 1.165) is 50.9 Å². The van der Waals surface area contributed by atoms with Gasteiger partial charge in [0, 0.05) is 19.7 Å². The monoisotopic (exact) mass is 275 g/mol. The summed E-state index contributed by atoms with van der Waals surface area (Å²) in [6.45, 7) is 2.71. The second kappa shape index (κ2) is 5.83. The third-order valence-electron chi connectivity index (χ3n) is 4.32. The highest BCUT2D eigenvalue weighted by atomic mass is 16.6. The maximum atomic E-state index is 12.0. The van der Waals surface area contributed by atoms with Crippen LogP contribution in [0, 0.1) is 0 Å². The molecule has 3 rings (SSSR count). The van der Waals surface area contributed by atoms with Crippen LogP contribution in [0.1, 0.15) is 31.2 Å². The molecule has 20 heavy (non-hydrogen) atoms. The third kappa shape index (κ3) is 2.96. The minimum atomic E-state index is -0.207. The third-order valence-corrected chi connectivity index (χ3v) is 4.32. The summed E-state index contributed by atoms with van der Waals surface area (Å²) in [5.74, 6) is 0. The van der Waals surface area contributed by atoms with Gasteiger partial charge in [0.25, 0.3) is 0 Å². The molecule has 4 heteroatoms. The molecule has 1 amide bonds. The van der Waals surface area contributed by atoms with E-state index in [1.807, 2.05) is 30.3 Å². The maximum Gasteiger partial charge on any atom is 0.410 e. The SMILES string of the molecule is O=C(OCc1ccccc1)N1CCC2(CCCO2)CC1. The van der Waals surface area contributed by atoms with Crippen LogP contribution in [0.25, 0.3) is 0 Å². The van der Waals surface area contributed by atoms with Crippen LogP contribution >= 0.6 is 0 Å². The molecule has 0 unspecified atom stereocenters. The van der Waals surface area contributed by atoms with E-state index in [9.17, 15) is 4.79 Å². The number of amides is 1. The maximum absolute atomic E-state index is 12.0. The van der Waals surface area contributed by atoms with Crippen molar-refractivity contribution in [2.75, 3.05) is 19.7 Å². The highest BCUT2D eigenvalue weighted by Gasteiger charge is 2.39. The summed E-state index contributed by atoms with van der Waals surface area (Å²) in [6.07, 6.45) is 3.96. The summed E-state index contributed by atoms with van der Waals surface area (Å²) < 4.78 is 11.2. The average molecular weight is 275 g/mol. The molecule has 108 valence electrons. The highest BCUT2D eigenvalue weighted by Crippen LogP contribution is 2.35. The van der Waals surface area contributed by atoms with E-state index in [1.54, 1.807) is 4.90 Å². The second-order valence-corrected chi connectivity index (χ2v) is 5.66. The lowest BCUT2D eigenvalue weighted by Crippen LogP contribution is -2.46. The molecule has 0 N–H and O–H groups in total. The van der Waals surface area contributed by atoms with Crippen molar-refractivity contribution >= 4 is 6.09 Å². The molecule has 0 atom stereocenters. The van der Waals surface area contributed by atoms with Crippen LogP contribution in [0.2, 0.25) is 0 Å². The molecule has 1 aromatic carbocycles. The van der Waals surface area contributed by atoms with Crippen molar-refractivity contribution in [2.24, 2.45) is 0 Å². The van der Waals surface area contributed by atoms with Gasteiger partial charge in [-0.2, -0.15) is 0 Å². The molecule has 2 aliphatic rings. The molecule has 2 aliphatic heterocycles. The van der Waals surface area contributed by atoms with Gasteiger partial charge in [0.2, 0.25) is 0 Å². The summed E-state index contributed by atoms with van der Waals surface area (Å²) in [5, 5.41) is 0. The first kappa shape index (κ1) is 13.4. The lowest BCUT2D eigenvalue weighted by molar-refractivity contribution is -0.0420. The minimum absolute atomic E-state index is 0.0518. The molecule has 4 nitrogen and oxygen atoms in total. The quantitative estimate of drug-likeness (QED) is 0.833. The Balaban J connectivity index is 1.47. The Morgan fingerprint density at radius 1 is 1.20 bits per heavy atom. The van der Waals surface area contributed by atoms with E-state index in [4.69, 9.17) is 9.47 Å². The lowest BCUT2D eigenvalue weighted by Gasteiger charge is -2.38. The predicted molar refractivity (Wildman–Crippen MR) is 75.4 cm³/mol. The zero-order valence-electron chi connectivity index (χ0n) is 11.7. The number of likely N-dealkylation sites (tertiary alicyclic amines) is 1. The van der Waals surface area contributed by atoms with Crippen LogP contribution in [-0.2, 0) is 16.1 Å². The molecule has 1 spiro atoms. The molecular formula is C16H21NO3. The number of hydrogen-bond donors (Lipinski definition) is 0. The molecule has 0 aliphatic carbocycles. The van der Waals surface area contributed by atoms with Gasteiger partial charge in [-0.15, -0.1) is 0 Å². The van der Waals surface area contributed by atoms with Gasteiger partial charge in [0.05, 0.1) is 5.60 Å². The van der Waals surface area contributed by atoms with Crippen LogP contribution in [0.5, 0.6) is 0 Å². The van der Waals surface area contributed by atoms with E-state index in [0.29, 0.717) is 6.61 Å². The van der Waals surface area contributed by atoms with E-state index >= 15 is 0 Å². The first-order valence-corrected chi connectivity index (χ1v) is 7.37. The predicted octanol–water partition coefficient (Wildman–Crippen LogP) is 2.97. The van der Waals surface area contributed by atoms with Gasteiger partial charge in [-0.05, 0) is 31.2 Å². The van der Waals surface area contributed by atoms with Gasteiger partial charge in [0.1, 0.15) is 6.61 Å². The number of nitrogens with zero attached hydrogens (tertiary/aromatic N) is 1. The first-order chi connectivity index (χ1) is 9.77. The Morgan fingerprint density at radius 3 is 2.60 bits per heavy atom. The molecule has 2 fully saturated rings. The normalized spacial score (nSPS) is 21.1. The lowest BCUT2D eigenvalue weighted by atomic mass is 9.89. The highest BCUT2D eigenvalue weighted by molar-refractivity contribution is 5.67. The van der Waals surface area contributed by atoms with Crippen LogP contribution < -0.4 is 0 Å². The van der Waals surface area contributed by atoms with Crippen LogP contribution in [0.3, 0.4) is 0 Å². The fraction of sp³-hybridized carbons (Fsp3) is 0.562. The van der Waals surface area contributed by atoms with Crippen molar-refractivity contribution < 1.29 is 14.3 Å². The van der Waals surface area contributed by atoms with Crippen LogP contribution in [0.15, 0.2) is 30.3 Å². The molecule has 2 saturated heterocycles. The molecule has 0 saturated carbocycles. The van der Waals surface area contributed by atoms with Gasteiger partial charge < -0.3 is 14.4 Å². The Morgan fingerprint density at radius 2 is 1.95 bits per heavy atom. The number of ether oxygens (including phenoxy) is 2. The fourth-order valence-electron chi connectivity index (χ4n) is 3.06. The largest absolute Gasteiger partial charge is 0.445 e. The number of rotatable bonds is 2. The standard InChI is InChI=1S/C16H21NO3/c18-15(19-13-14-5-2-1-3-6-14)17-10-8-16(9-11-17)7-4-12-20-16/h1-3,5-6H,4,7-13H2. The number of hydrogen-bond acceptors (Lipinski definition) is 3. The Hall–Kier alpha value is -1.55. The second-order valence-electron chi connectivity index (χ2n) is 5.66. The Bertz CT molecular complexity index is 444. The van der Waals surface area contributed by atoms with Crippen molar-refractivity contribution in [3.05, 3.63) is 35.9 Å². The van der Waals surface area contributed by atoms with Crippen LogP contribution in [0.4, 0.5) is 4.79 Å².